The number of nitrogen functional groups attached to an aromatic ring is 1. The van der Waals surface area contributed by atoms with Gasteiger partial charge in [0.05, 0.1) is 10.7 Å². The Morgan fingerprint density at radius 2 is 1.88 bits per heavy atom. The van der Waals surface area contributed by atoms with Crippen LogP contribution in [0.3, 0.4) is 0 Å². The Bertz CT molecular complexity index is 1630. The van der Waals surface area contributed by atoms with Crippen molar-refractivity contribution < 1.29 is 9.59 Å². The van der Waals surface area contributed by atoms with E-state index in [1.165, 1.54) is 18.2 Å². The number of rotatable bonds is 7. The Morgan fingerprint density at radius 3 is 2.65 bits per heavy atom. The van der Waals surface area contributed by atoms with E-state index in [0.717, 1.165) is 31.5 Å². The number of piperidine rings is 1. The first-order valence-electron chi connectivity index (χ1n) is 12.9. The predicted octanol–water partition coefficient (Wildman–Crippen LogP) is 2.71. The summed E-state index contributed by atoms with van der Waals surface area (Å²) >= 11 is 6.29. The van der Waals surface area contributed by atoms with E-state index in [1.54, 1.807) is 12.3 Å². The summed E-state index contributed by atoms with van der Waals surface area (Å²) in [6, 6.07) is 13.6. The summed E-state index contributed by atoms with van der Waals surface area (Å²) in [4.78, 5) is 52.2. The molecule has 4 aromatic rings. The number of carbonyl (C=O) groups is 2. The minimum Gasteiger partial charge on any atom is -0.399 e. The molecular formula is C28H29ClN8O3. The molecule has 0 saturated carbocycles. The molecule has 1 saturated heterocycles. The van der Waals surface area contributed by atoms with Gasteiger partial charge in [-0.3, -0.25) is 14.4 Å². The molecule has 7 N–H and O–H groups in total. The highest BCUT2D eigenvalue weighted by atomic mass is 35.5. The molecule has 2 amide bonds. The first kappa shape index (κ1) is 27.1. The largest absolute Gasteiger partial charge is 0.399 e. The van der Waals surface area contributed by atoms with Crippen molar-refractivity contribution in [1.29, 1.82) is 0 Å². The van der Waals surface area contributed by atoms with Crippen LogP contribution in [-0.2, 0) is 6.42 Å². The van der Waals surface area contributed by atoms with E-state index in [4.69, 9.17) is 23.1 Å². The second kappa shape index (κ2) is 11.7. The van der Waals surface area contributed by atoms with Crippen LogP contribution in [0.1, 0.15) is 39.1 Å². The minimum atomic E-state index is -0.684. The Balaban J connectivity index is 1.28. The number of H-pyrrole nitrogens is 1. The van der Waals surface area contributed by atoms with Gasteiger partial charge in [-0.1, -0.05) is 29.8 Å². The summed E-state index contributed by atoms with van der Waals surface area (Å²) in [5.41, 5.74) is 13.6. The number of para-hydroxylation sites is 1. The molecule has 1 fully saturated rings. The number of nitrogens with zero attached hydrogens (tertiary/aromatic N) is 3. The molecular weight excluding hydrogens is 532 g/mol. The van der Waals surface area contributed by atoms with Gasteiger partial charge in [0.1, 0.15) is 11.2 Å². The van der Waals surface area contributed by atoms with Crippen molar-refractivity contribution in [2.24, 2.45) is 5.73 Å². The fraction of sp³-hybridized carbons (Fsp3) is 0.250. The van der Waals surface area contributed by atoms with Crippen molar-refractivity contribution in [3.8, 4) is 0 Å². The SMILES string of the molecule is Nc1ccccc1CCNC(=O)c1ccc(Cl)c(NC(=O)c2cc3cnc(N4CCC(N)CC4)nc3[nH]c2=O)c1. The Kier molecular flexibility index (Phi) is 7.94. The van der Waals surface area contributed by atoms with Crippen molar-refractivity contribution in [2.75, 3.05) is 35.6 Å². The lowest BCUT2D eigenvalue weighted by Gasteiger charge is -2.30. The summed E-state index contributed by atoms with van der Waals surface area (Å²) in [5.74, 6) is -0.522. The lowest BCUT2D eigenvalue weighted by molar-refractivity contribution is 0.0952. The molecule has 0 aliphatic carbocycles. The van der Waals surface area contributed by atoms with Gasteiger partial charge >= 0.3 is 0 Å². The standard InChI is InChI=1S/C28H29ClN8O3/c29-21-6-5-17(25(38)32-10-7-16-3-1-2-4-22(16)31)14-23(21)34-26(39)20-13-18-15-33-28(36-24(18)35-27(20)40)37-11-8-19(30)9-12-37/h1-6,13-15,19H,7-12,30-31H2,(H,32,38)(H,34,39)(H,33,35,36,40). The van der Waals surface area contributed by atoms with Crippen LogP contribution in [0.4, 0.5) is 17.3 Å². The van der Waals surface area contributed by atoms with Gasteiger partial charge in [0.2, 0.25) is 5.95 Å². The maximum absolute atomic E-state index is 13.1. The van der Waals surface area contributed by atoms with Crippen LogP contribution in [0.5, 0.6) is 0 Å². The van der Waals surface area contributed by atoms with Gasteiger partial charge in [-0.2, -0.15) is 4.98 Å². The van der Waals surface area contributed by atoms with E-state index in [-0.39, 0.29) is 28.2 Å². The zero-order valence-corrected chi connectivity index (χ0v) is 22.4. The number of halogens is 1. The third kappa shape index (κ3) is 6.05. The van der Waals surface area contributed by atoms with Gasteiger partial charge in [0, 0.05) is 48.5 Å². The summed E-state index contributed by atoms with van der Waals surface area (Å²) in [6.45, 7) is 1.84. The van der Waals surface area contributed by atoms with E-state index in [0.29, 0.717) is 41.2 Å². The predicted molar refractivity (Wildman–Crippen MR) is 156 cm³/mol. The summed E-state index contributed by atoms with van der Waals surface area (Å²) in [7, 11) is 0. The van der Waals surface area contributed by atoms with Crippen molar-refractivity contribution >= 4 is 51.8 Å². The summed E-state index contributed by atoms with van der Waals surface area (Å²) < 4.78 is 0. The Labute approximate surface area is 234 Å². The lowest BCUT2D eigenvalue weighted by atomic mass is 10.1. The van der Waals surface area contributed by atoms with Crippen molar-refractivity contribution in [3.63, 3.8) is 0 Å². The maximum Gasteiger partial charge on any atom is 0.262 e. The van der Waals surface area contributed by atoms with Crippen LogP contribution in [0.2, 0.25) is 5.02 Å². The average Bonchev–Trinajstić information content (AvgIpc) is 2.95. The van der Waals surface area contributed by atoms with Crippen LogP contribution < -0.4 is 32.6 Å². The lowest BCUT2D eigenvalue weighted by Crippen LogP contribution is -2.40. The minimum absolute atomic E-state index is 0.140. The van der Waals surface area contributed by atoms with Crippen LogP contribution >= 0.6 is 11.6 Å². The molecule has 2 aromatic carbocycles. The first-order valence-corrected chi connectivity index (χ1v) is 13.3. The molecule has 1 aliphatic rings. The van der Waals surface area contributed by atoms with Crippen molar-refractivity contribution in [2.45, 2.75) is 25.3 Å². The fourth-order valence-electron chi connectivity index (χ4n) is 4.53. The Morgan fingerprint density at radius 1 is 1.10 bits per heavy atom. The average molecular weight is 561 g/mol. The number of nitrogens with two attached hydrogens (primary N) is 2. The summed E-state index contributed by atoms with van der Waals surface area (Å²) in [6.07, 6.45) is 3.81. The van der Waals surface area contributed by atoms with Crippen molar-refractivity contribution in [1.82, 2.24) is 20.3 Å². The van der Waals surface area contributed by atoms with Gasteiger partial charge in [0.25, 0.3) is 17.4 Å². The molecule has 2 aromatic heterocycles. The number of anilines is 3. The van der Waals surface area contributed by atoms with E-state index in [9.17, 15) is 14.4 Å². The highest BCUT2D eigenvalue weighted by Crippen LogP contribution is 2.24. The molecule has 0 spiro atoms. The van der Waals surface area contributed by atoms with Crippen LogP contribution in [-0.4, -0.2) is 52.4 Å². The quantitative estimate of drug-likeness (QED) is 0.215. The molecule has 11 nitrogen and oxygen atoms in total. The monoisotopic (exact) mass is 560 g/mol. The number of hydrogen-bond donors (Lipinski definition) is 5. The molecule has 0 atom stereocenters. The molecule has 0 bridgehead atoms. The zero-order chi connectivity index (χ0) is 28.2. The molecule has 40 heavy (non-hydrogen) atoms. The number of amides is 2. The highest BCUT2D eigenvalue weighted by Gasteiger charge is 2.20. The third-order valence-corrected chi connectivity index (χ3v) is 7.19. The molecule has 12 heteroatoms. The fourth-order valence-corrected chi connectivity index (χ4v) is 4.70. The second-order valence-corrected chi connectivity index (χ2v) is 10.1. The number of nitrogens with one attached hydrogen (secondary N) is 3. The normalized spacial score (nSPS) is 13.8. The van der Waals surface area contributed by atoms with E-state index < -0.39 is 11.5 Å². The molecule has 206 valence electrons. The van der Waals surface area contributed by atoms with Crippen LogP contribution in [0, 0.1) is 0 Å². The number of carbonyl (C=O) groups excluding carboxylic acids is 2. The maximum atomic E-state index is 13.1. The van der Waals surface area contributed by atoms with Gasteiger partial charge in [-0.05, 0) is 55.2 Å². The van der Waals surface area contributed by atoms with Gasteiger partial charge in [-0.25, -0.2) is 4.98 Å². The van der Waals surface area contributed by atoms with Gasteiger partial charge in [-0.15, -0.1) is 0 Å². The molecule has 1 aliphatic heterocycles. The Hall–Kier alpha value is -4.48. The van der Waals surface area contributed by atoms with Gasteiger partial charge in [0.15, 0.2) is 0 Å². The number of fused-ring (bicyclic) bond motifs is 1. The number of pyridine rings is 1. The third-order valence-electron chi connectivity index (χ3n) is 6.86. The number of hydrogen-bond acceptors (Lipinski definition) is 8. The number of benzene rings is 2. The van der Waals surface area contributed by atoms with E-state index >= 15 is 0 Å². The topological polar surface area (TPSA) is 172 Å². The smallest absolute Gasteiger partial charge is 0.262 e. The number of aromatic amines is 1. The zero-order valence-electron chi connectivity index (χ0n) is 21.6. The second-order valence-electron chi connectivity index (χ2n) is 9.66. The highest BCUT2D eigenvalue weighted by molar-refractivity contribution is 6.34. The van der Waals surface area contributed by atoms with Gasteiger partial charge < -0.3 is 32.0 Å². The van der Waals surface area contributed by atoms with Crippen LogP contribution in [0.25, 0.3) is 11.0 Å². The molecule has 5 rings (SSSR count). The molecule has 0 unspecified atom stereocenters. The molecule has 0 radical (unpaired) electrons. The van der Waals surface area contributed by atoms with Crippen LogP contribution in [0.15, 0.2) is 59.5 Å². The first-order chi connectivity index (χ1) is 19.3. The number of aromatic nitrogens is 3. The molecule has 3 heterocycles. The van der Waals surface area contributed by atoms with E-state index in [2.05, 4.69) is 25.6 Å². The summed E-state index contributed by atoms with van der Waals surface area (Å²) in [5, 5.41) is 6.19. The van der Waals surface area contributed by atoms with Crippen molar-refractivity contribution in [3.05, 3.63) is 86.8 Å². The van der Waals surface area contributed by atoms with E-state index in [1.807, 2.05) is 29.2 Å².